The van der Waals surface area contributed by atoms with E-state index < -0.39 is 9.84 Å². The standard InChI is InChI=1S/C9H15O2S/c1-12(10,11)9-5-8(6-9)7-3-2-4-7/h5,7-9H,2-4,6H2,1H3. The van der Waals surface area contributed by atoms with Gasteiger partial charge in [0.1, 0.15) is 0 Å². The Hall–Kier alpha value is -0.0500. The SMILES string of the molecule is CS(=O)(=O)C1[CH]C(C2CCC2)C1. The summed E-state index contributed by atoms with van der Waals surface area (Å²) < 4.78 is 22.1. The highest BCUT2D eigenvalue weighted by Gasteiger charge is 2.42. The van der Waals surface area contributed by atoms with E-state index >= 15 is 0 Å². The summed E-state index contributed by atoms with van der Waals surface area (Å²) in [6, 6.07) is 0. The molecule has 12 heavy (non-hydrogen) atoms. The van der Waals surface area contributed by atoms with Crippen molar-refractivity contribution in [1.29, 1.82) is 0 Å². The fourth-order valence-electron chi connectivity index (χ4n) is 2.04. The Bertz CT molecular complexity index is 258. The second kappa shape index (κ2) is 2.72. The average molecular weight is 187 g/mol. The fraction of sp³-hybridized carbons (Fsp3) is 0.889. The van der Waals surface area contributed by atoms with Crippen molar-refractivity contribution in [1.82, 2.24) is 0 Å². The molecule has 2 unspecified atom stereocenters. The molecular formula is C9H15O2S. The van der Waals surface area contributed by atoms with Crippen LogP contribution in [0.4, 0.5) is 0 Å². The van der Waals surface area contributed by atoms with Crippen molar-refractivity contribution in [3.8, 4) is 0 Å². The van der Waals surface area contributed by atoms with E-state index in [-0.39, 0.29) is 5.25 Å². The third-order valence-corrected chi connectivity index (χ3v) is 4.72. The molecule has 69 valence electrons. The summed E-state index contributed by atoms with van der Waals surface area (Å²) in [7, 11) is -2.77. The zero-order chi connectivity index (χ0) is 8.77. The smallest absolute Gasteiger partial charge is 0.150 e. The van der Waals surface area contributed by atoms with E-state index in [2.05, 4.69) is 0 Å². The summed E-state index contributed by atoms with van der Waals surface area (Å²) in [6.45, 7) is 0. The first-order valence-electron chi connectivity index (χ1n) is 4.61. The van der Waals surface area contributed by atoms with Gasteiger partial charge in [-0.2, -0.15) is 0 Å². The van der Waals surface area contributed by atoms with Gasteiger partial charge >= 0.3 is 0 Å². The van der Waals surface area contributed by atoms with Crippen LogP contribution >= 0.6 is 0 Å². The second-order valence-electron chi connectivity index (χ2n) is 4.15. The van der Waals surface area contributed by atoms with Crippen LogP contribution in [0.2, 0.25) is 0 Å². The van der Waals surface area contributed by atoms with E-state index in [9.17, 15) is 8.42 Å². The van der Waals surface area contributed by atoms with Crippen LogP contribution in [0.15, 0.2) is 0 Å². The highest BCUT2D eigenvalue weighted by atomic mass is 32.2. The first-order valence-corrected chi connectivity index (χ1v) is 6.56. The summed E-state index contributed by atoms with van der Waals surface area (Å²) in [5, 5.41) is -0.122. The highest BCUT2D eigenvalue weighted by molar-refractivity contribution is 7.91. The monoisotopic (exact) mass is 187 g/mol. The molecule has 2 rings (SSSR count). The molecule has 0 aromatic heterocycles. The Kier molecular flexibility index (Phi) is 1.94. The van der Waals surface area contributed by atoms with Gasteiger partial charge in [0.15, 0.2) is 9.84 Å². The topological polar surface area (TPSA) is 34.1 Å². The lowest BCUT2D eigenvalue weighted by molar-refractivity contribution is 0.183. The molecular weight excluding hydrogens is 172 g/mol. The quantitative estimate of drug-likeness (QED) is 0.655. The predicted molar refractivity (Wildman–Crippen MR) is 48.4 cm³/mol. The van der Waals surface area contributed by atoms with Crippen molar-refractivity contribution in [3.63, 3.8) is 0 Å². The van der Waals surface area contributed by atoms with Crippen LogP contribution in [0.3, 0.4) is 0 Å². The van der Waals surface area contributed by atoms with Crippen LogP contribution in [0.25, 0.3) is 0 Å². The van der Waals surface area contributed by atoms with Crippen LogP contribution in [-0.2, 0) is 9.84 Å². The maximum Gasteiger partial charge on any atom is 0.150 e. The summed E-state index contributed by atoms with van der Waals surface area (Å²) in [6.07, 6.45) is 8.25. The number of rotatable bonds is 2. The minimum atomic E-state index is -2.77. The molecule has 2 aliphatic carbocycles. The van der Waals surface area contributed by atoms with E-state index in [1.165, 1.54) is 25.5 Å². The first-order chi connectivity index (χ1) is 5.57. The number of sulfone groups is 1. The van der Waals surface area contributed by atoms with Crippen LogP contribution in [0.5, 0.6) is 0 Å². The molecule has 2 saturated carbocycles. The Morgan fingerprint density at radius 2 is 1.92 bits per heavy atom. The Morgan fingerprint density at radius 1 is 1.33 bits per heavy atom. The van der Waals surface area contributed by atoms with Crippen LogP contribution in [-0.4, -0.2) is 19.9 Å². The number of hydrogen-bond acceptors (Lipinski definition) is 2. The molecule has 3 heteroatoms. The van der Waals surface area contributed by atoms with Crippen molar-refractivity contribution in [2.75, 3.05) is 6.26 Å². The molecule has 1 radical (unpaired) electrons. The Balaban J connectivity index is 1.83. The highest BCUT2D eigenvalue weighted by Crippen LogP contribution is 2.45. The van der Waals surface area contributed by atoms with Crippen molar-refractivity contribution in [2.45, 2.75) is 30.9 Å². The minimum Gasteiger partial charge on any atom is -0.229 e. The summed E-state index contributed by atoms with van der Waals surface area (Å²) in [5.41, 5.74) is 0. The lowest BCUT2D eigenvalue weighted by atomic mass is 9.67. The van der Waals surface area contributed by atoms with Gasteiger partial charge in [0.2, 0.25) is 0 Å². The molecule has 0 amide bonds. The predicted octanol–water partition coefficient (Wildman–Crippen LogP) is 1.42. The minimum absolute atomic E-state index is 0.122. The summed E-state index contributed by atoms with van der Waals surface area (Å²) in [5.74, 6) is 1.45. The molecule has 2 fully saturated rings. The third-order valence-electron chi connectivity index (χ3n) is 3.27. The molecule has 0 aromatic rings. The van der Waals surface area contributed by atoms with E-state index in [0.717, 1.165) is 12.3 Å². The maximum atomic E-state index is 11.1. The molecule has 2 atom stereocenters. The van der Waals surface area contributed by atoms with E-state index in [1.54, 1.807) is 0 Å². The molecule has 0 saturated heterocycles. The van der Waals surface area contributed by atoms with Gasteiger partial charge in [0.05, 0.1) is 5.25 Å². The molecule has 2 nitrogen and oxygen atoms in total. The van der Waals surface area contributed by atoms with E-state index in [1.807, 2.05) is 6.42 Å². The maximum absolute atomic E-state index is 11.1. The van der Waals surface area contributed by atoms with Crippen LogP contribution < -0.4 is 0 Å². The van der Waals surface area contributed by atoms with Gasteiger partial charge in [-0.25, -0.2) is 8.42 Å². The Labute approximate surface area is 74.3 Å². The fourth-order valence-corrected chi connectivity index (χ4v) is 3.10. The zero-order valence-corrected chi connectivity index (χ0v) is 8.18. The summed E-state index contributed by atoms with van der Waals surface area (Å²) in [4.78, 5) is 0. The number of hydrogen-bond donors (Lipinski definition) is 0. The lowest BCUT2D eigenvalue weighted by Crippen LogP contribution is -2.41. The first kappa shape index (κ1) is 8.54. The Morgan fingerprint density at radius 3 is 2.25 bits per heavy atom. The average Bonchev–Trinajstić information content (AvgIpc) is 1.67. The van der Waals surface area contributed by atoms with Crippen molar-refractivity contribution in [3.05, 3.63) is 6.42 Å². The van der Waals surface area contributed by atoms with E-state index in [4.69, 9.17) is 0 Å². The zero-order valence-electron chi connectivity index (χ0n) is 7.36. The molecule has 2 aliphatic rings. The van der Waals surface area contributed by atoms with Gasteiger partial charge in [-0.1, -0.05) is 19.3 Å². The lowest BCUT2D eigenvalue weighted by Gasteiger charge is -2.43. The van der Waals surface area contributed by atoms with Gasteiger partial charge < -0.3 is 0 Å². The largest absolute Gasteiger partial charge is 0.229 e. The van der Waals surface area contributed by atoms with Crippen molar-refractivity contribution in [2.24, 2.45) is 11.8 Å². The van der Waals surface area contributed by atoms with Gasteiger partial charge in [0.25, 0.3) is 0 Å². The van der Waals surface area contributed by atoms with Crippen molar-refractivity contribution >= 4 is 9.84 Å². The molecule has 0 aromatic carbocycles. The van der Waals surface area contributed by atoms with Crippen molar-refractivity contribution < 1.29 is 8.42 Å². The third kappa shape index (κ3) is 1.39. The van der Waals surface area contributed by atoms with Gasteiger partial charge in [0, 0.05) is 6.26 Å². The van der Waals surface area contributed by atoms with Crippen LogP contribution in [0.1, 0.15) is 25.7 Å². The molecule has 0 spiro atoms. The van der Waals surface area contributed by atoms with Gasteiger partial charge in [-0.15, -0.1) is 0 Å². The van der Waals surface area contributed by atoms with Crippen LogP contribution in [0, 0.1) is 18.3 Å². The van der Waals surface area contributed by atoms with Gasteiger partial charge in [-0.05, 0) is 24.7 Å². The van der Waals surface area contributed by atoms with Gasteiger partial charge in [-0.3, -0.25) is 0 Å². The van der Waals surface area contributed by atoms with E-state index in [0.29, 0.717) is 5.92 Å². The molecule has 0 bridgehead atoms. The second-order valence-corrected chi connectivity index (χ2v) is 6.42. The normalized spacial score (nSPS) is 37.1. The molecule has 0 heterocycles. The molecule has 0 N–H and O–H groups in total. The summed E-state index contributed by atoms with van der Waals surface area (Å²) >= 11 is 0. The molecule has 0 aliphatic heterocycles.